The molecule has 0 aromatic carbocycles. The highest BCUT2D eigenvalue weighted by molar-refractivity contribution is 5.60. The summed E-state index contributed by atoms with van der Waals surface area (Å²) < 4.78 is 0. The summed E-state index contributed by atoms with van der Waals surface area (Å²) in [6.45, 7) is 4.95. The van der Waals surface area contributed by atoms with Crippen LogP contribution in [-0.2, 0) is 6.42 Å². The highest BCUT2D eigenvalue weighted by Crippen LogP contribution is 2.20. The third-order valence-corrected chi connectivity index (χ3v) is 2.78. The topological polar surface area (TPSA) is 92.5 Å². The second-order valence-electron chi connectivity index (χ2n) is 4.41. The van der Waals surface area contributed by atoms with Crippen LogP contribution < -0.4 is 11.1 Å². The van der Waals surface area contributed by atoms with Gasteiger partial charge in [0.2, 0.25) is 5.95 Å². The molecule has 2 aromatic heterocycles. The van der Waals surface area contributed by atoms with E-state index >= 15 is 0 Å². The van der Waals surface area contributed by atoms with Crippen LogP contribution in [0.25, 0.3) is 11.4 Å². The number of hydrogen-bond acceptors (Lipinski definition) is 5. The molecule has 19 heavy (non-hydrogen) atoms. The van der Waals surface area contributed by atoms with Crippen molar-refractivity contribution >= 4 is 11.8 Å². The molecule has 0 aliphatic rings. The summed E-state index contributed by atoms with van der Waals surface area (Å²) in [4.78, 5) is 8.71. The summed E-state index contributed by atoms with van der Waals surface area (Å²) in [6.07, 6.45) is 3.18. The second-order valence-corrected chi connectivity index (χ2v) is 4.41. The van der Waals surface area contributed by atoms with Gasteiger partial charge in [-0.25, -0.2) is 4.98 Å². The average molecular weight is 260 g/mol. The Morgan fingerprint density at radius 1 is 1.26 bits per heavy atom. The molecule has 6 nitrogen and oxygen atoms in total. The zero-order valence-electron chi connectivity index (χ0n) is 11.4. The quantitative estimate of drug-likeness (QED) is 0.740. The molecule has 0 unspecified atom stereocenters. The molecule has 0 saturated carbocycles. The first-order valence-electron chi connectivity index (χ1n) is 6.66. The van der Waals surface area contributed by atoms with E-state index in [-0.39, 0.29) is 0 Å². The SMILES string of the molecule is CCCCc1cc(-c2nc(NCC)n[nH]2)cc(N)n1. The molecule has 102 valence electrons. The number of aryl methyl sites for hydroxylation is 1. The molecule has 2 heterocycles. The molecule has 2 rings (SSSR count). The largest absolute Gasteiger partial charge is 0.384 e. The van der Waals surface area contributed by atoms with Gasteiger partial charge in [0.05, 0.1) is 0 Å². The van der Waals surface area contributed by atoms with Crippen LogP contribution in [0.5, 0.6) is 0 Å². The van der Waals surface area contributed by atoms with E-state index in [0.717, 1.165) is 37.1 Å². The van der Waals surface area contributed by atoms with Gasteiger partial charge in [0.15, 0.2) is 5.82 Å². The van der Waals surface area contributed by atoms with Crippen molar-refractivity contribution in [1.29, 1.82) is 0 Å². The first-order chi connectivity index (χ1) is 9.22. The maximum absolute atomic E-state index is 5.85. The second kappa shape index (κ2) is 6.17. The lowest BCUT2D eigenvalue weighted by Crippen LogP contribution is -1.98. The van der Waals surface area contributed by atoms with Gasteiger partial charge in [0.25, 0.3) is 0 Å². The van der Waals surface area contributed by atoms with E-state index < -0.39 is 0 Å². The minimum absolute atomic E-state index is 0.519. The van der Waals surface area contributed by atoms with Crippen LogP contribution in [0.2, 0.25) is 0 Å². The summed E-state index contributed by atoms with van der Waals surface area (Å²) in [5, 5.41) is 10.1. The van der Waals surface area contributed by atoms with Gasteiger partial charge < -0.3 is 11.1 Å². The molecular formula is C13H20N6. The summed E-state index contributed by atoms with van der Waals surface area (Å²) in [6, 6.07) is 3.83. The first kappa shape index (κ1) is 13.3. The van der Waals surface area contributed by atoms with E-state index in [1.165, 1.54) is 0 Å². The number of nitrogens with zero attached hydrogens (tertiary/aromatic N) is 3. The molecule has 0 amide bonds. The van der Waals surface area contributed by atoms with E-state index in [2.05, 4.69) is 32.4 Å². The number of rotatable bonds is 6. The number of aromatic amines is 1. The third kappa shape index (κ3) is 3.43. The van der Waals surface area contributed by atoms with Crippen molar-refractivity contribution in [2.45, 2.75) is 33.1 Å². The predicted octanol–water partition coefficient (Wildman–Crippen LogP) is 2.22. The van der Waals surface area contributed by atoms with Gasteiger partial charge in [0.1, 0.15) is 5.82 Å². The van der Waals surface area contributed by atoms with Crippen molar-refractivity contribution in [2.75, 3.05) is 17.6 Å². The molecule has 4 N–H and O–H groups in total. The van der Waals surface area contributed by atoms with Crippen LogP contribution in [-0.4, -0.2) is 26.7 Å². The molecular weight excluding hydrogens is 240 g/mol. The molecule has 0 aliphatic carbocycles. The molecule has 0 spiro atoms. The molecule has 6 heteroatoms. The summed E-state index contributed by atoms with van der Waals surface area (Å²) in [5.74, 6) is 1.83. The van der Waals surface area contributed by atoms with Crippen molar-refractivity contribution in [3.05, 3.63) is 17.8 Å². The Morgan fingerprint density at radius 2 is 2.11 bits per heavy atom. The molecule has 0 aliphatic heterocycles. The van der Waals surface area contributed by atoms with Gasteiger partial charge >= 0.3 is 0 Å². The molecule has 0 atom stereocenters. The Kier molecular flexibility index (Phi) is 4.33. The number of nitrogens with two attached hydrogens (primary N) is 1. The Hall–Kier alpha value is -2.11. The Morgan fingerprint density at radius 3 is 2.84 bits per heavy atom. The van der Waals surface area contributed by atoms with E-state index in [4.69, 9.17) is 5.73 Å². The maximum atomic E-state index is 5.85. The number of nitrogens with one attached hydrogen (secondary N) is 2. The van der Waals surface area contributed by atoms with Crippen molar-refractivity contribution < 1.29 is 0 Å². The zero-order chi connectivity index (χ0) is 13.7. The zero-order valence-corrected chi connectivity index (χ0v) is 11.4. The monoisotopic (exact) mass is 260 g/mol. The number of nitrogen functional groups attached to an aromatic ring is 1. The lowest BCUT2D eigenvalue weighted by molar-refractivity contribution is 0.778. The van der Waals surface area contributed by atoms with E-state index in [0.29, 0.717) is 17.6 Å². The van der Waals surface area contributed by atoms with E-state index in [1.54, 1.807) is 0 Å². The maximum Gasteiger partial charge on any atom is 0.242 e. The van der Waals surface area contributed by atoms with Gasteiger partial charge in [-0.15, -0.1) is 5.10 Å². The molecule has 0 bridgehead atoms. The van der Waals surface area contributed by atoms with Gasteiger partial charge in [-0.05, 0) is 31.9 Å². The Balaban J connectivity index is 2.24. The standard InChI is InChI=1S/C13H20N6/c1-3-5-6-10-7-9(8-11(14)16-10)12-17-13(15-4-2)19-18-12/h7-8H,3-6H2,1-2H3,(H2,14,16)(H2,15,17,18,19). The van der Waals surface area contributed by atoms with Crippen LogP contribution in [0.4, 0.5) is 11.8 Å². The lowest BCUT2D eigenvalue weighted by atomic mass is 10.1. The van der Waals surface area contributed by atoms with Crippen LogP contribution in [0, 0.1) is 0 Å². The van der Waals surface area contributed by atoms with Crippen molar-refractivity contribution in [2.24, 2.45) is 0 Å². The van der Waals surface area contributed by atoms with Gasteiger partial charge in [-0.1, -0.05) is 13.3 Å². The van der Waals surface area contributed by atoms with Crippen LogP contribution in [0.3, 0.4) is 0 Å². The lowest BCUT2D eigenvalue weighted by Gasteiger charge is -2.04. The van der Waals surface area contributed by atoms with E-state index in [1.807, 2.05) is 19.1 Å². The fourth-order valence-electron chi connectivity index (χ4n) is 1.86. The van der Waals surface area contributed by atoms with Crippen LogP contribution in [0.15, 0.2) is 12.1 Å². The predicted molar refractivity (Wildman–Crippen MR) is 76.8 cm³/mol. The van der Waals surface area contributed by atoms with Gasteiger partial charge in [-0.2, -0.15) is 4.98 Å². The smallest absolute Gasteiger partial charge is 0.242 e. The fourth-order valence-corrected chi connectivity index (χ4v) is 1.86. The summed E-state index contributed by atoms with van der Waals surface area (Å²) in [5.41, 5.74) is 7.77. The highest BCUT2D eigenvalue weighted by Gasteiger charge is 2.08. The van der Waals surface area contributed by atoms with Gasteiger partial charge in [-0.3, -0.25) is 5.10 Å². The number of anilines is 2. The fraction of sp³-hybridized carbons (Fsp3) is 0.462. The van der Waals surface area contributed by atoms with E-state index in [9.17, 15) is 0 Å². The number of unbranched alkanes of at least 4 members (excludes halogenated alkanes) is 1. The van der Waals surface area contributed by atoms with Crippen LogP contribution >= 0.6 is 0 Å². The molecule has 2 aromatic rings. The number of hydrogen-bond donors (Lipinski definition) is 3. The van der Waals surface area contributed by atoms with Crippen LogP contribution in [0.1, 0.15) is 32.4 Å². The normalized spacial score (nSPS) is 10.6. The summed E-state index contributed by atoms with van der Waals surface area (Å²) in [7, 11) is 0. The van der Waals surface area contributed by atoms with Crippen molar-refractivity contribution in [1.82, 2.24) is 20.2 Å². The van der Waals surface area contributed by atoms with Crippen molar-refractivity contribution in [3.63, 3.8) is 0 Å². The summed E-state index contributed by atoms with van der Waals surface area (Å²) >= 11 is 0. The van der Waals surface area contributed by atoms with Crippen molar-refractivity contribution in [3.8, 4) is 11.4 Å². The Labute approximate surface area is 112 Å². The molecule has 0 saturated heterocycles. The minimum atomic E-state index is 0.519. The Bertz CT molecular complexity index is 534. The third-order valence-electron chi connectivity index (χ3n) is 2.78. The van der Waals surface area contributed by atoms with Gasteiger partial charge in [0, 0.05) is 17.8 Å². The highest BCUT2D eigenvalue weighted by atomic mass is 15.3. The minimum Gasteiger partial charge on any atom is -0.384 e. The molecule has 0 fully saturated rings. The average Bonchev–Trinajstić information content (AvgIpc) is 2.85. The first-order valence-corrected chi connectivity index (χ1v) is 6.66. The number of pyridine rings is 1. The number of aromatic nitrogens is 4. The number of H-pyrrole nitrogens is 1. The molecule has 0 radical (unpaired) electrons.